The molecular weight excluding hydrogens is 324 g/mol. The predicted molar refractivity (Wildman–Crippen MR) is 84.7 cm³/mol. The van der Waals surface area contributed by atoms with Crippen molar-refractivity contribution in [1.82, 2.24) is 19.5 Å². The first-order chi connectivity index (χ1) is 10.9. The summed E-state index contributed by atoms with van der Waals surface area (Å²) in [5.41, 5.74) is 5.92. The third kappa shape index (κ3) is 5.30. The normalized spacial score (nSPS) is 12.0. The van der Waals surface area contributed by atoms with E-state index in [1.807, 2.05) is 0 Å². The van der Waals surface area contributed by atoms with Crippen LogP contribution >= 0.6 is 0 Å². The Kier molecular flexibility index (Phi) is 5.69. The van der Waals surface area contributed by atoms with E-state index < -0.39 is 10.3 Å². The number of anilines is 1. The fourth-order valence-corrected chi connectivity index (χ4v) is 2.61. The van der Waals surface area contributed by atoms with Crippen LogP contribution in [0.1, 0.15) is 32.1 Å². The second-order valence-electron chi connectivity index (χ2n) is 5.14. The lowest BCUT2D eigenvalue weighted by Crippen LogP contribution is -2.16. The lowest BCUT2D eigenvalue weighted by atomic mass is 10.1. The molecule has 0 bridgehead atoms. The Morgan fingerprint density at radius 3 is 2.65 bits per heavy atom. The molecule has 0 fully saturated rings. The predicted octanol–water partition coefficient (Wildman–Crippen LogP) is -0.128. The topological polar surface area (TPSA) is 159 Å². The summed E-state index contributed by atoms with van der Waals surface area (Å²) in [5.74, 6) is 0.0504. The highest BCUT2D eigenvalue weighted by Gasteiger charge is 2.09. The number of hydrogen-bond donors (Lipinski definition) is 3. The van der Waals surface area contributed by atoms with Gasteiger partial charge < -0.3 is 10.3 Å². The number of nitrogen functional groups attached to an aromatic ring is 1. The molecule has 5 N–H and O–H groups in total. The van der Waals surface area contributed by atoms with Gasteiger partial charge in [0.2, 0.25) is 5.95 Å². The molecule has 2 aromatic rings. The van der Waals surface area contributed by atoms with E-state index >= 15 is 0 Å². The molecule has 0 aliphatic rings. The van der Waals surface area contributed by atoms with Crippen molar-refractivity contribution in [2.75, 3.05) is 12.3 Å². The molecule has 10 nitrogen and oxygen atoms in total. The Balaban J connectivity index is 1.72. The zero-order valence-electron chi connectivity index (χ0n) is 12.6. The highest BCUT2D eigenvalue weighted by molar-refractivity contribution is 7.84. The molecule has 0 spiro atoms. The van der Waals surface area contributed by atoms with E-state index in [0.29, 0.717) is 24.1 Å². The first kappa shape index (κ1) is 17.4. The third-order valence-corrected chi connectivity index (χ3v) is 3.79. The van der Waals surface area contributed by atoms with Gasteiger partial charge in [0, 0.05) is 6.54 Å². The van der Waals surface area contributed by atoms with Gasteiger partial charge in [0.25, 0.3) is 5.56 Å². The van der Waals surface area contributed by atoms with Gasteiger partial charge in [-0.05, 0) is 12.8 Å². The van der Waals surface area contributed by atoms with Crippen LogP contribution in [0.15, 0.2) is 11.1 Å². The number of H-pyrrole nitrogens is 1. The minimum atomic E-state index is -3.84. The van der Waals surface area contributed by atoms with Crippen molar-refractivity contribution in [3.05, 3.63) is 16.7 Å². The van der Waals surface area contributed by atoms with Gasteiger partial charge >= 0.3 is 10.3 Å². The molecule has 0 radical (unpaired) electrons. The zero-order valence-corrected chi connectivity index (χ0v) is 13.4. The SMILES string of the molecule is Nc1nc2ncn(CCCCCCCOS(N)(=O)=O)c2c(=O)[nH]1. The average Bonchev–Trinajstić information content (AvgIpc) is 2.83. The summed E-state index contributed by atoms with van der Waals surface area (Å²) in [6.45, 7) is 0.756. The van der Waals surface area contributed by atoms with Crippen molar-refractivity contribution in [3.8, 4) is 0 Å². The summed E-state index contributed by atoms with van der Waals surface area (Å²) in [6, 6.07) is 0. The van der Waals surface area contributed by atoms with Gasteiger partial charge in [-0.3, -0.25) is 14.0 Å². The average molecular weight is 344 g/mol. The molecule has 2 aromatic heterocycles. The Hall–Kier alpha value is -1.98. The maximum absolute atomic E-state index is 11.9. The minimum absolute atomic E-state index is 0.0504. The summed E-state index contributed by atoms with van der Waals surface area (Å²) >= 11 is 0. The van der Waals surface area contributed by atoms with Crippen molar-refractivity contribution in [3.63, 3.8) is 0 Å². The van der Waals surface area contributed by atoms with Crippen LogP contribution in [0.5, 0.6) is 0 Å². The van der Waals surface area contributed by atoms with Gasteiger partial charge in [0.05, 0.1) is 12.9 Å². The molecule has 0 atom stereocenters. The largest absolute Gasteiger partial charge is 0.369 e. The van der Waals surface area contributed by atoms with Crippen LogP contribution in [-0.2, 0) is 21.0 Å². The van der Waals surface area contributed by atoms with Crippen molar-refractivity contribution in [1.29, 1.82) is 0 Å². The molecule has 23 heavy (non-hydrogen) atoms. The fourth-order valence-electron chi connectivity index (χ4n) is 2.26. The Morgan fingerprint density at radius 1 is 1.22 bits per heavy atom. The molecule has 0 aromatic carbocycles. The smallest absolute Gasteiger partial charge is 0.333 e. The number of aryl methyl sites for hydroxylation is 1. The lowest BCUT2D eigenvalue weighted by Gasteiger charge is -2.04. The zero-order chi connectivity index (χ0) is 16.9. The number of nitrogens with two attached hydrogens (primary N) is 2. The van der Waals surface area contributed by atoms with E-state index in [4.69, 9.17) is 10.9 Å². The number of aromatic amines is 1. The monoisotopic (exact) mass is 344 g/mol. The molecule has 0 aliphatic carbocycles. The number of rotatable bonds is 9. The summed E-state index contributed by atoms with van der Waals surface area (Å²) in [6.07, 6.45) is 5.79. The van der Waals surface area contributed by atoms with Gasteiger partial charge in [-0.15, -0.1) is 0 Å². The van der Waals surface area contributed by atoms with E-state index in [2.05, 4.69) is 19.1 Å². The van der Waals surface area contributed by atoms with Gasteiger partial charge in [0.15, 0.2) is 11.2 Å². The number of aromatic nitrogens is 4. The number of nitrogens with zero attached hydrogens (tertiary/aromatic N) is 3. The molecule has 0 amide bonds. The van der Waals surface area contributed by atoms with Crippen molar-refractivity contribution in [2.45, 2.75) is 38.6 Å². The molecule has 128 valence electrons. The van der Waals surface area contributed by atoms with Gasteiger partial charge in [-0.25, -0.2) is 10.1 Å². The Bertz CT molecular complexity index is 813. The van der Waals surface area contributed by atoms with Gasteiger partial charge in [0.1, 0.15) is 0 Å². The van der Waals surface area contributed by atoms with Crippen molar-refractivity contribution >= 4 is 27.4 Å². The van der Waals surface area contributed by atoms with Crippen LogP contribution in [-0.4, -0.2) is 34.5 Å². The number of unbranched alkanes of at least 4 members (excludes halogenated alkanes) is 4. The van der Waals surface area contributed by atoms with Gasteiger partial charge in [-0.2, -0.15) is 13.4 Å². The highest BCUT2D eigenvalue weighted by atomic mass is 32.2. The number of fused-ring (bicyclic) bond motifs is 1. The van der Waals surface area contributed by atoms with Crippen LogP contribution in [0, 0.1) is 0 Å². The Morgan fingerprint density at radius 2 is 1.91 bits per heavy atom. The second-order valence-corrected chi connectivity index (χ2v) is 6.37. The Labute approximate surface area is 133 Å². The van der Waals surface area contributed by atoms with Gasteiger partial charge in [-0.1, -0.05) is 19.3 Å². The molecular formula is C12H20N6O4S. The van der Waals surface area contributed by atoms with Crippen molar-refractivity contribution in [2.24, 2.45) is 5.14 Å². The molecule has 11 heteroatoms. The number of hydrogen-bond acceptors (Lipinski definition) is 7. The molecule has 2 rings (SSSR count). The van der Waals surface area contributed by atoms with E-state index in [1.54, 1.807) is 10.9 Å². The standard InChI is InChI=1S/C12H20N6O4S/c13-12-16-10-9(11(19)17-12)18(8-15-10)6-4-2-1-3-5-7-22-23(14,20)21/h8H,1-7H2,(H2,14,20,21)(H3,13,16,17,19). The van der Waals surface area contributed by atoms with E-state index in [9.17, 15) is 13.2 Å². The molecule has 0 saturated heterocycles. The first-order valence-corrected chi connectivity index (χ1v) is 8.72. The third-order valence-electron chi connectivity index (χ3n) is 3.29. The van der Waals surface area contributed by atoms with Crippen molar-refractivity contribution < 1.29 is 12.6 Å². The summed E-state index contributed by atoms with van der Waals surface area (Å²) in [7, 11) is -3.84. The summed E-state index contributed by atoms with van der Waals surface area (Å²) in [4.78, 5) is 22.4. The number of nitrogens with one attached hydrogen (secondary N) is 1. The maximum atomic E-state index is 11.9. The summed E-state index contributed by atoms with van der Waals surface area (Å²) in [5, 5.41) is 4.72. The number of imidazole rings is 1. The van der Waals surface area contributed by atoms with E-state index in [1.165, 1.54) is 0 Å². The van der Waals surface area contributed by atoms with E-state index in [-0.39, 0.29) is 18.1 Å². The van der Waals surface area contributed by atoms with Crippen LogP contribution in [0.2, 0.25) is 0 Å². The van der Waals surface area contributed by atoms with E-state index in [0.717, 1.165) is 25.7 Å². The van der Waals surface area contributed by atoms with Crippen LogP contribution < -0.4 is 16.4 Å². The van der Waals surface area contributed by atoms with Crippen LogP contribution in [0.3, 0.4) is 0 Å². The second kappa shape index (κ2) is 7.53. The minimum Gasteiger partial charge on any atom is -0.369 e. The molecule has 0 saturated carbocycles. The molecule has 0 aliphatic heterocycles. The lowest BCUT2D eigenvalue weighted by molar-refractivity contribution is 0.306. The molecule has 2 heterocycles. The van der Waals surface area contributed by atoms with Crippen LogP contribution in [0.4, 0.5) is 5.95 Å². The summed E-state index contributed by atoms with van der Waals surface area (Å²) < 4.78 is 27.3. The fraction of sp³-hybridized carbons (Fsp3) is 0.583. The van der Waals surface area contributed by atoms with Crippen LogP contribution in [0.25, 0.3) is 11.2 Å². The molecule has 0 unspecified atom stereocenters. The highest BCUT2D eigenvalue weighted by Crippen LogP contribution is 2.09. The first-order valence-electron chi connectivity index (χ1n) is 7.24. The maximum Gasteiger partial charge on any atom is 0.333 e. The quantitative estimate of drug-likeness (QED) is 0.534.